The van der Waals surface area contributed by atoms with Crippen LogP contribution in [0.1, 0.15) is 38.7 Å². The Morgan fingerprint density at radius 1 is 1.17 bits per heavy atom. The molecule has 0 bridgehead atoms. The minimum Gasteiger partial charge on any atom is -0.350 e. The smallest absolute Gasteiger partial charge is 0.243 e. The number of piperidine rings is 1. The van der Waals surface area contributed by atoms with Crippen molar-refractivity contribution < 1.29 is 13.2 Å². The number of fused-ring (bicyclic) bond motifs is 2. The van der Waals surface area contributed by atoms with Gasteiger partial charge in [-0.2, -0.15) is 4.31 Å². The topological polar surface area (TPSA) is 69.7 Å². The molecule has 0 aromatic heterocycles. The molecule has 6 nitrogen and oxygen atoms in total. The maximum Gasteiger partial charge on any atom is 0.243 e. The van der Waals surface area contributed by atoms with Crippen LogP contribution in [0.2, 0.25) is 0 Å². The number of carbonyl (C=O) groups excluding carboxylic acids is 1. The van der Waals surface area contributed by atoms with Crippen LogP contribution in [0.25, 0.3) is 0 Å². The Kier molecular flexibility index (Phi) is 5.51. The molecular weight excluding hydrogens is 386 g/mol. The maximum atomic E-state index is 13.0. The van der Waals surface area contributed by atoms with Crippen molar-refractivity contribution in [3.05, 3.63) is 29.8 Å². The number of rotatable bonds is 5. The Bertz CT molecular complexity index is 860. The zero-order valence-corrected chi connectivity index (χ0v) is 18.5. The van der Waals surface area contributed by atoms with Crippen molar-refractivity contribution >= 4 is 15.9 Å². The molecule has 3 atom stereocenters. The largest absolute Gasteiger partial charge is 0.350 e. The van der Waals surface area contributed by atoms with Crippen molar-refractivity contribution in [2.45, 2.75) is 50.5 Å². The van der Waals surface area contributed by atoms with Crippen molar-refractivity contribution in [3.8, 4) is 0 Å². The van der Waals surface area contributed by atoms with Gasteiger partial charge in [0.2, 0.25) is 15.9 Å². The molecule has 0 saturated carbocycles. The summed E-state index contributed by atoms with van der Waals surface area (Å²) in [5, 5.41) is 3.29. The van der Waals surface area contributed by atoms with Crippen LogP contribution in [0.5, 0.6) is 0 Å². The molecule has 3 saturated heterocycles. The van der Waals surface area contributed by atoms with Gasteiger partial charge in [-0.25, -0.2) is 8.42 Å². The van der Waals surface area contributed by atoms with Crippen LogP contribution >= 0.6 is 0 Å². The number of nitrogens with zero attached hydrogens (tertiary/aromatic N) is 2. The third-order valence-corrected chi connectivity index (χ3v) is 9.27. The van der Waals surface area contributed by atoms with Gasteiger partial charge in [0.25, 0.3) is 0 Å². The molecule has 1 amide bonds. The average Bonchev–Trinajstić information content (AvgIpc) is 3.22. The van der Waals surface area contributed by atoms with E-state index in [-0.39, 0.29) is 17.4 Å². The van der Waals surface area contributed by atoms with E-state index in [1.807, 2.05) is 19.1 Å². The first-order chi connectivity index (χ1) is 13.7. The third kappa shape index (κ3) is 3.73. The van der Waals surface area contributed by atoms with Crippen molar-refractivity contribution in [2.24, 2.45) is 17.8 Å². The first-order valence-corrected chi connectivity index (χ1v) is 12.3. The fourth-order valence-electron chi connectivity index (χ4n) is 5.34. The van der Waals surface area contributed by atoms with Crippen LogP contribution in [0, 0.1) is 24.7 Å². The van der Waals surface area contributed by atoms with Crippen LogP contribution < -0.4 is 5.32 Å². The summed E-state index contributed by atoms with van der Waals surface area (Å²) < 4.78 is 27.7. The molecule has 7 heteroatoms. The Morgan fingerprint density at radius 3 is 2.45 bits per heavy atom. The van der Waals surface area contributed by atoms with Crippen LogP contribution in [-0.4, -0.2) is 61.8 Å². The highest BCUT2D eigenvalue weighted by atomic mass is 32.2. The number of nitrogens with one attached hydrogen (secondary N) is 1. The van der Waals surface area contributed by atoms with Gasteiger partial charge < -0.3 is 10.2 Å². The highest BCUT2D eigenvalue weighted by Gasteiger charge is 2.57. The number of hydrogen-bond acceptors (Lipinski definition) is 4. The minimum absolute atomic E-state index is 0.0549. The number of sulfonamides is 1. The van der Waals surface area contributed by atoms with Crippen molar-refractivity contribution in [2.75, 3.05) is 32.7 Å². The number of hydrogen-bond donors (Lipinski definition) is 1. The van der Waals surface area contributed by atoms with Gasteiger partial charge >= 0.3 is 0 Å². The van der Waals surface area contributed by atoms with Gasteiger partial charge in [-0.1, -0.05) is 38.0 Å². The van der Waals surface area contributed by atoms with E-state index in [4.69, 9.17) is 0 Å². The van der Waals surface area contributed by atoms with Gasteiger partial charge in [0, 0.05) is 44.2 Å². The molecule has 1 aromatic rings. The molecular formula is C22H33N3O3S. The van der Waals surface area contributed by atoms with Gasteiger partial charge in [0.15, 0.2) is 0 Å². The SMILES string of the molecule is CC[C@H](C)CN1C[C@H]2C(=O)NC3(CCN(S(=O)(=O)c4ccc(C)cc4)CC3)[C@H]2C1. The summed E-state index contributed by atoms with van der Waals surface area (Å²) in [5.41, 5.74) is 0.801. The number of amides is 1. The minimum atomic E-state index is -3.48. The highest BCUT2D eigenvalue weighted by Crippen LogP contribution is 2.44. The third-order valence-electron chi connectivity index (χ3n) is 7.35. The van der Waals surface area contributed by atoms with Crippen LogP contribution in [0.4, 0.5) is 0 Å². The number of aryl methyl sites for hydroxylation is 1. The fraction of sp³-hybridized carbons (Fsp3) is 0.682. The second-order valence-corrected chi connectivity index (χ2v) is 11.2. The van der Waals surface area contributed by atoms with Gasteiger partial charge in [0.1, 0.15) is 0 Å². The summed E-state index contributed by atoms with van der Waals surface area (Å²) in [6.45, 7) is 10.2. The van der Waals surface area contributed by atoms with Crippen molar-refractivity contribution in [3.63, 3.8) is 0 Å². The Morgan fingerprint density at radius 2 is 1.83 bits per heavy atom. The molecule has 0 unspecified atom stereocenters. The summed E-state index contributed by atoms with van der Waals surface area (Å²) >= 11 is 0. The Balaban J connectivity index is 1.46. The average molecular weight is 420 g/mol. The summed E-state index contributed by atoms with van der Waals surface area (Å²) in [7, 11) is -3.48. The van der Waals surface area contributed by atoms with E-state index >= 15 is 0 Å². The van der Waals surface area contributed by atoms with E-state index in [2.05, 4.69) is 24.1 Å². The molecule has 1 spiro atoms. The predicted octanol–water partition coefficient (Wildman–Crippen LogP) is 2.24. The molecule has 0 radical (unpaired) electrons. The summed E-state index contributed by atoms with van der Waals surface area (Å²) in [6.07, 6.45) is 2.54. The fourth-order valence-corrected chi connectivity index (χ4v) is 6.78. The van der Waals surface area contributed by atoms with Gasteiger partial charge in [-0.15, -0.1) is 0 Å². The molecule has 0 aliphatic carbocycles. The van der Waals surface area contributed by atoms with E-state index in [9.17, 15) is 13.2 Å². The molecule has 3 aliphatic rings. The summed E-state index contributed by atoms with van der Waals surface area (Å²) in [4.78, 5) is 15.5. The molecule has 1 aromatic carbocycles. The van der Waals surface area contributed by atoms with Gasteiger partial charge in [-0.05, 0) is 37.8 Å². The van der Waals surface area contributed by atoms with Crippen LogP contribution in [-0.2, 0) is 14.8 Å². The normalized spacial score (nSPS) is 28.4. The van der Waals surface area contributed by atoms with Gasteiger partial charge in [-0.3, -0.25) is 4.79 Å². The van der Waals surface area contributed by atoms with Crippen LogP contribution in [0.3, 0.4) is 0 Å². The highest BCUT2D eigenvalue weighted by molar-refractivity contribution is 7.89. The zero-order valence-electron chi connectivity index (χ0n) is 17.7. The summed E-state index contributed by atoms with van der Waals surface area (Å²) in [5.74, 6) is 1.15. The lowest BCUT2D eigenvalue weighted by Crippen LogP contribution is -2.56. The van der Waals surface area contributed by atoms with Crippen LogP contribution in [0.15, 0.2) is 29.2 Å². The van der Waals surface area contributed by atoms with E-state index in [0.717, 1.165) is 31.6 Å². The summed E-state index contributed by atoms with van der Waals surface area (Å²) in [6, 6.07) is 7.05. The number of likely N-dealkylation sites (tertiary alicyclic amines) is 1. The first kappa shape index (κ1) is 20.8. The molecule has 3 heterocycles. The lowest BCUT2D eigenvalue weighted by molar-refractivity contribution is -0.123. The quantitative estimate of drug-likeness (QED) is 0.795. The molecule has 3 aliphatic heterocycles. The molecule has 29 heavy (non-hydrogen) atoms. The Hall–Kier alpha value is -1.44. The van der Waals surface area contributed by atoms with Crippen molar-refractivity contribution in [1.29, 1.82) is 0 Å². The molecule has 160 valence electrons. The Labute approximate surface area is 174 Å². The molecule has 1 N–H and O–H groups in total. The molecule has 3 fully saturated rings. The van der Waals surface area contributed by atoms with E-state index in [0.29, 0.717) is 42.7 Å². The monoisotopic (exact) mass is 419 g/mol. The number of carbonyl (C=O) groups is 1. The second-order valence-electron chi connectivity index (χ2n) is 9.31. The number of benzene rings is 1. The van der Waals surface area contributed by atoms with E-state index in [1.54, 1.807) is 16.4 Å². The predicted molar refractivity (Wildman–Crippen MR) is 113 cm³/mol. The maximum absolute atomic E-state index is 13.0. The van der Waals surface area contributed by atoms with E-state index < -0.39 is 10.0 Å². The zero-order chi connectivity index (χ0) is 20.8. The van der Waals surface area contributed by atoms with E-state index in [1.165, 1.54) is 0 Å². The first-order valence-electron chi connectivity index (χ1n) is 10.9. The lowest BCUT2D eigenvalue weighted by atomic mass is 9.76. The molecule has 4 rings (SSSR count). The second kappa shape index (κ2) is 7.67. The van der Waals surface area contributed by atoms with Gasteiger partial charge in [0.05, 0.1) is 10.8 Å². The van der Waals surface area contributed by atoms with Crippen molar-refractivity contribution in [1.82, 2.24) is 14.5 Å². The standard InChI is InChI=1S/C22H33N3O3S/c1-4-16(2)13-24-14-19-20(15-24)22(23-21(19)26)9-11-25(12-10-22)29(27,28)18-7-5-17(3)6-8-18/h5-8,16,19-20H,4,9-15H2,1-3H3,(H,23,26)/t16-,19+,20-/m0/s1. The lowest BCUT2D eigenvalue weighted by Gasteiger charge is -2.42.